The van der Waals surface area contributed by atoms with E-state index in [0.29, 0.717) is 5.41 Å². The van der Waals surface area contributed by atoms with Gasteiger partial charge < -0.3 is 4.74 Å². The van der Waals surface area contributed by atoms with Crippen molar-refractivity contribution < 1.29 is 4.74 Å². The molecule has 0 aliphatic heterocycles. The lowest BCUT2D eigenvalue weighted by molar-refractivity contribution is -0.0717. The average Bonchev–Trinajstić information content (AvgIpc) is 3.09. The van der Waals surface area contributed by atoms with Gasteiger partial charge in [0.25, 0.3) is 0 Å². The standard InChI is InChI=1S/C15H27IO/c1-14(2,3)13-6-8-15(11-16,9-7-13)17-10-12-4-5-12/h12-13H,4-11H2,1-3H3. The van der Waals surface area contributed by atoms with Crippen LogP contribution in [0.5, 0.6) is 0 Å². The first-order valence-corrected chi connectivity index (χ1v) is 8.68. The lowest BCUT2D eigenvalue weighted by Gasteiger charge is -2.43. The van der Waals surface area contributed by atoms with Gasteiger partial charge in [-0.2, -0.15) is 0 Å². The predicted octanol–water partition coefficient (Wildman–Crippen LogP) is 4.82. The van der Waals surface area contributed by atoms with Crippen molar-refractivity contribution in [1.82, 2.24) is 0 Å². The Morgan fingerprint density at radius 1 is 1.12 bits per heavy atom. The third-order valence-corrected chi connectivity index (χ3v) is 6.08. The number of ether oxygens (including phenoxy) is 1. The number of hydrogen-bond donors (Lipinski definition) is 0. The van der Waals surface area contributed by atoms with Crippen LogP contribution in [0.3, 0.4) is 0 Å². The van der Waals surface area contributed by atoms with Gasteiger partial charge >= 0.3 is 0 Å². The molecule has 2 heteroatoms. The average molecular weight is 350 g/mol. The second-order valence-corrected chi connectivity index (χ2v) is 7.97. The molecule has 0 unspecified atom stereocenters. The van der Waals surface area contributed by atoms with Gasteiger partial charge in [0, 0.05) is 4.43 Å². The van der Waals surface area contributed by atoms with Gasteiger partial charge in [0.2, 0.25) is 0 Å². The second-order valence-electron chi connectivity index (χ2n) is 7.21. The molecule has 2 saturated carbocycles. The molecule has 0 aromatic carbocycles. The van der Waals surface area contributed by atoms with Gasteiger partial charge in [-0.3, -0.25) is 0 Å². The van der Waals surface area contributed by atoms with Crippen LogP contribution in [0.25, 0.3) is 0 Å². The number of hydrogen-bond acceptors (Lipinski definition) is 1. The summed E-state index contributed by atoms with van der Waals surface area (Å²) < 4.78 is 7.47. The van der Waals surface area contributed by atoms with E-state index in [1.165, 1.54) is 43.0 Å². The fourth-order valence-corrected chi connectivity index (χ4v) is 3.89. The summed E-state index contributed by atoms with van der Waals surface area (Å²) in [6.45, 7) is 8.20. The van der Waals surface area contributed by atoms with Gasteiger partial charge in [-0.15, -0.1) is 0 Å². The molecule has 2 rings (SSSR count). The molecule has 0 N–H and O–H groups in total. The van der Waals surface area contributed by atoms with Crippen LogP contribution >= 0.6 is 22.6 Å². The molecule has 17 heavy (non-hydrogen) atoms. The summed E-state index contributed by atoms with van der Waals surface area (Å²) in [5.41, 5.74) is 0.707. The third kappa shape index (κ3) is 3.82. The Morgan fingerprint density at radius 3 is 2.12 bits per heavy atom. The van der Waals surface area contributed by atoms with E-state index in [1.807, 2.05) is 0 Å². The van der Waals surface area contributed by atoms with Crippen molar-refractivity contribution in [2.24, 2.45) is 17.3 Å². The predicted molar refractivity (Wildman–Crippen MR) is 81.7 cm³/mol. The highest BCUT2D eigenvalue weighted by Gasteiger charge is 2.39. The van der Waals surface area contributed by atoms with Crippen LogP contribution in [-0.4, -0.2) is 16.6 Å². The summed E-state index contributed by atoms with van der Waals surface area (Å²) in [4.78, 5) is 0. The zero-order chi connectivity index (χ0) is 12.5. The maximum atomic E-state index is 6.30. The van der Waals surface area contributed by atoms with Gasteiger partial charge in [-0.05, 0) is 55.8 Å². The molecule has 0 atom stereocenters. The molecule has 0 aromatic rings. The number of alkyl halides is 1. The zero-order valence-corrected chi connectivity index (χ0v) is 13.8. The van der Waals surface area contributed by atoms with E-state index in [4.69, 9.17) is 4.74 Å². The Kier molecular flexibility index (Phi) is 4.45. The maximum absolute atomic E-state index is 6.30. The molecule has 0 radical (unpaired) electrons. The Hall–Kier alpha value is 0.690. The van der Waals surface area contributed by atoms with Gasteiger partial charge in [0.15, 0.2) is 0 Å². The van der Waals surface area contributed by atoms with Crippen molar-refractivity contribution in [3.63, 3.8) is 0 Å². The van der Waals surface area contributed by atoms with Crippen molar-refractivity contribution in [2.75, 3.05) is 11.0 Å². The molecule has 2 fully saturated rings. The number of rotatable bonds is 4. The SMILES string of the molecule is CC(C)(C)C1CCC(CI)(OCC2CC2)CC1. The van der Waals surface area contributed by atoms with E-state index >= 15 is 0 Å². The first-order chi connectivity index (χ1) is 7.95. The van der Waals surface area contributed by atoms with Crippen LogP contribution < -0.4 is 0 Å². The molecule has 0 saturated heterocycles. The molecule has 0 aromatic heterocycles. The van der Waals surface area contributed by atoms with Crippen molar-refractivity contribution in [2.45, 2.75) is 64.9 Å². The summed E-state index contributed by atoms with van der Waals surface area (Å²) in [6.07, 6.45) is 8.09. The topological polar surface area (TPSA) is 9.23 Å². The van der Waals surface area contributed by atoms with E-state index < -0.39 is 0 Å². The van der Waals surface area contributed by atoms with Crippen LogP contribution in [-0.2, 0) is 4.74 Å². The fourth-order valence-electron chi connectivity index (χ4n) is 2.91. The molecule has 0 amide bonds. The lowest BCUT2D eigenvalue weighted by Crippen LogP contribution is -2.41. The smallest absolute Gasteiger partial charge is 0.0771 e. The Morgan fingerprint density at radius 2 is 1.71 bits per heavy atom. The summed E-state index contributed by atoms with van der Waals surface area (Å²) in [7, 11) is 0. The Bertz CT molecular complexity index is 244. The summed E-state index contributed by atoms with van der Waals surface area (Å²) in [5, 5.41) is 0. The van der Waals surface area contributed by atoms with E-state index in [-0.39, 0.29) is 5.60 Å². The molecule has 0 spiro atoms. The van der Waals surface area contributed by atoms with Crippen molar-refractivity contribution in [3.05, 3.63) is 0 Å². The normalized spacial score (nSPS) is 34.9. The van der Waals surface area contributed by atoms with E-state index in [2.05, 4.69) is 43.4 Å². The monoisotopic (exact) mass is 350 g/mol. The molecule has 1 nitrogen and oxygen atoms in total. The molecule has 0 heterocycles. The molecule has 2 aliphatic rings. The van der Waals surface area contributed by atoms with Gasteiger partial charge in [0.05, 0.1) is 12.2 Å². The van der Waals surface area contributed by atoms with Gasteiger partial charge in [-0.25, -0.2) is 0 Å². The highest BCUT2D eigenvalue weighted by Crippen LogP contribution is 2.44. The third-order valence-electron chi connectivity index (χ3n) is 4.69. The molecule has 100 valence electrons. The van der Waals surface area contributed by atoms with E-state index in [0.717, 1.165) is 18.4 Å². The first-order valence-electron chi connectivity index (χ1n) is 7.15. The van der Waals surface area contributed by atoms with E-state index in [9.17, 15) is 0 Å². The van der Waals surface area contributed by atoms with Crippen LogP contribution in [0.15, 0.2) is 0 Å². The molecular weight excluding hydrogens is 323 g/mol. The second kappa shape index (κ2) is 5.36. The molecule has 2 aliphatic carbocycles. The molecule has 0 bridgehead atoms. The summed E-state index contributed by atoms with van der Waals surface area (Å²) in [6, 6.07) is 0. The van der Waals surface area contributed by atoms with Crippen molar-refractivity contribution in [3.8, 4) is 0 Å². The summed E-state index contributed by atoms with van der Waals surface area (Å²) in [5.74, 6) is 1.79. The minimum absolute atomic E-state index is 0.227. The maximum Gasteiger partial charge on any atom is 0.0771 e. The largest absolute Gasteiger partial charge is 0.374 e. The zero-order valence-electron chi connectivity index (χ0n) is 11.6. The Balaban J connectivity index is 1.84. The highest BCUT2D eigenvalue weighted by atomic mass is 127. The highest BCUT2D eigenvalue weighted by molar-refractivity contribution is 14.1. The van der Waals surface area contributed by atoms with Crippen LogP contribution in [0.4, 0.5) is 0 Å². The minimum atomic E-state index is 0.227. The quantitative estimate of drug-likeness (QED) is 0.522. The fraction of sp³-hybridized carbons (Fsp3) is 1.00. The van der Waals surface area contributed by atoms with Crippen molar-refractivity contribution in [1.29, 1.82) is 0 Å². The molecular formula is C15H27IO. The van der Waals surface area contributed by atoms with E-state index in [1.54, 1.807) is 0 Å². The summed E-state index contributed by atoms with van der Waals surface area (Å²) >= 11 is 2.53. The first kappa shape index (κ1) is 14.1. The van der Waals surface area contributed by atoms with Crippen LogP contribution in [0, 0.1) is 17.3 Å². The lowest BCUT2D eigenvalue weighted by atomic mass is 9.69. The number of halogens is 1. The Labute approximate surface area is 120 Å². The van der Waals surface area contributed by atoms with Gasteiger partial charge in [0.1, 0.15) is 0 Å². The van der Waals surface area contributed by atoms with Gasteiger partial charge in [-0.1, -0.05) is 43.4 Å². The minimum Gasteiger partial charge on any atom is -0.374 e. The van der Waals surface area contributed by atoms with Crippen LogP contribution in [0.1, 0.15) is 59.3 Å². The van der Waals surface area contributed by atoms with Crippen LogP contribution in [0.2, 0.25) is 0 Å². The van der Waals surface area contributed by atoms with Crippen molar-refractivity contribution >= 4 is 22.6 Å².